The van der Waals surface area contributed by atoms with Gasteiger partial charge in [0.2, 0.25) is 5.71 Å². The van der Waals surface area contributed by atoms with Crippen LogP contribution < -0.4 is 0 Å². The van der Waals surface area contributed by atoms with Crippen LogP contribution >= 0.6 is 11.3 Å². The first-order chi connectivity index (χ1) is 20.4. The predicted octanol–water partition coefficient (Wildman–Crippen LogP) is 9.85. The minimum Gasteiger partial charge on any atom is -0.512 e. The fraction of sp³-hybridized carbons (Fsp3) is 0.382. The summed E-state index contributed by atoms with van der Waals surface area (Å²) in [6.45, 7) is 10.0. The van der Waals surface area contributed by atoms with Crippen molar-refractivity contribution in [2.45, 2.75) is 74.1 Å². The largest absolute Gasteiger partial charge is 0.512 e. The van der Waals surface area contributed by atoms with Gasteiger partial charge in [-0.25, -0.2) is 4.98 Å². The van der Waals surface area contributed by atoms with E-state index < -0.39 is 6.85 Å². The number of carbonyl (C=O) groups excluding carboxylic acids is 1. The summed E-state index contributed by atoms with van der Waals surface area (Å²) in [5.74, 6) is 0.547. The number of ketones is 1. The number of pyridine rings is 2. The molecule has 5 rings (SSSR count). The molecule has 0 unspecified atom stereocenters. The second-order valence-corrected chi connectivity index (χ2v) is 11.4. The summed E-state index contributed by atoms with van der Waals surface area (Å²) < 4.78 is 29.9. The molecule has 219 valence electrons. The molecule has 1 radical (unpaired) electrons. The molecule has 5 aromatic rings. The van der Waals surface area contributed by atoms with Crippen molar-refractivity contribution in [3.63, 3.8) is 0 Å². The Labute approximate surface area is 264 Å². The van der Waals surface area contributed by atoms with Crippen molar-refractivity contribution in [2.24, 2.45) is 11.8 Å². The van der Waals surface area contributed by atoms with Crippen LogP contribution in [0.15, 0.2) is 52.8 Å². The SMILES string of the molecule is CCC(CC)C(=O)/C=C(\O)C(CC)CC.[2H]C([2H])([2H])c1ccc2c(n1)oc1c(-c3cc4sc(C)c(C)c4cn3)[c-]ccc12.[Ir]. The third-order valence-corrected chi connectivity index (χ3v) is 8.87. The Bertz CT molecular complexity index is 1780. The summed E-state index contributed by atoms with van der Waals surface area (Å²) in [5.41, 5.74) is 3.73. The van der Waals surface area contributed by atoms with Crippen LogP contribution in [0, 0.1) is 38.6 Å². The molecule has 5 nitrogen and oxygen atoms in total. The van der Waals surface area contributed by atoms with Gasteiger partial charge in [0.1, 0.15) is 0 Å². The zero-order valence-corrected chi connectivity index (χ0v) is 27.6. The van der Waals surface area contributed by atoms with Crippen LogP contribution in [-0.2, 0) is 24.9 Å². The smallest absolute Gasteiger partial charge is 0.216 e. The number of furan rings is 1. The van der Waals surface area contributed by atoms with Gasteiger partial charge in [0.15, 0.2) is 5.78 Å². The van der Waals surface area contributed by atoms with Crippen molar-refractivity contribution >= 4 is 49.3 Å². The fourth-order valence-corrected chi connectivity index (χ4v) is 6.04. The Hall–Kier alpha value is -2.86. The summed E-state index contributed by atoms with van der Waals surface area (Å²) in [6, 6.07) is 12.3. The first-order valence-electron chi connectivity index (χ1n) is 15.5. The normalized spacial score (nSPS) is 13.2. The quantitative estimate of drug-likeness (QED) is 0.0971. The van der Waals surface area contributed by atoms with Crippen molar-refractivity contribution < 1.29 is 38.5 Å². The number of nitrogens with zero attached hydrogens (tertiary/aromatic N) is 2. The maximum atomic E-state index is 11.7. The molecule has 0 aliphatic heterocycles. The summed E-state index contributed by atoms with van der Waals surface area (Å²) >= 11 is 1.74. The van der Waals surface area contributed by atoms with Gasteiger partial charge >= 0.3 is 0 Å². The maximum Gasteiger partial charge on any atom is 0.216 e. The number of hydrogen-bond donors (Lipinski definition) is 1. The summed E-state index contributed by atoms with van der Waals surface area (Å²) in [6.07, 6.45) is 6.80. The van der Waals surface area contributed by atoms with E-state index in [0.717, 1.165) is 53.1 Å². The first-order valence-corrected chi connectivity index (χ1v) is 14.8. The molecular formula is C34H39IrN2O3S-. The van der Waals surface area contributed by atoms with E-state index in [1.54, 1.807) is 17.4 Å². The molecule has 0 aliphatic rings. The van der Waals surface area contributed by atoms with Gasteiger partial charge in [0.05, 0.1) is 11.3 Å². The molecule has 0 aliphatic carbocycles. The topological polar surface area (TPSA) is 76.2 Å². The molecule has 4 heterocycles. The molecule has 0 amide bonds. The number of aromatic nitrogens is 2. The van der Waals surface area contributed by atoms with Crippen molar-refractivity contribution in [3.05, 3.63) is 70.6 Å². The van der Waals surface area contributed by atoms with Gasteiger partial charge in [-0.15, -0.1) is 29.5 Å². The number of aliphatic hydroxyl groups is 1. The van der Waals surface area contributed by atoms with Gasteiger partial charge in [-0.1, -0.05) is 44.7 Å². The van der Waals surface area contributed by atoms with E-state index >= 15 is 0 Å². The average molecular weight is 751 g/mol. The Kier molecular flexibility index (Phi) is 9.89. The minimum absolute atomic E-state index is 0. The van der Waals surface area contributed by atoms with Crippen molar-refractivity contribution in [1.82, 2.24) is 9.97 Å². The average Bonchev–Trinajstić information content (AvgIpc) is 3.49. The molecule has 0 saturated carbocycles. The molecular weight excluding hydrogens is 709 g/mol. The molecule has 0 atom stereocenters. The number of carbonyl (C=O) groups is 1. The van der Waals surface area contributed by atoms with Crippen molar-refractivity contribution in [3.8, 4) is 11.3 Å². The van der Waals surface area contributed by atoms with Crippen molar-refractivity contribution in [1.29, 1.82) is 0 Å². The Morgan fingerprint density at radius 2 is 1.78 bits per heavy atom. The molecule has 0 fully saturated rings. The zero-order chi connectivity index (χ0) is 31.5. The van der Waals surface area contributed by atoms with E-state index in [0.29, 0.717) is 11.3 Å². The second kappa shape index (κ2) is 14.4. The van der Waals surface area contributed by atoms with Gasteiger partial charge < -0.3 is 14.5 Å². The first kappa shape index (κ1) is 28.3. The van der Waals surface area contributed by atoms with Gasteiger partial charge in [-0.3, -0.25) is 4.79 Å². The molecule has 0 spiro atoms. The van der Waals surface area contributed by atoms with Crippen LogP contribution in [0.1, 0.15) is 73.6 Å². The van der Waals surface area contributed by atoms with Crippen LogP contribution in [0.3, 0.4) is 0 Å². The predicted molar refractivity (Wildman–Crippen MR) is 167 cm³/mol. The Balaban J connectivity index is 0.000000286. The zero-order valence-electron chi connectivity index (χ0n) is 27.4. The molecule has 7 heteroatoms. The minimum atomic E-state index is -2.27. The van der Waals surface area contributed by atoms with E-state index in [9.17, 15) is 9.90 Å². The van der Waals surface area contributed by atoms with Gasteiger partial charge in [-0.05, 0) is 69.8 Å². The number of rotatable bonds is 8. The fourth-order valence-electron chi connectivity index (χ4n) is 4.96. The standard InChI is InChI=1S/C21H15N2OS.C13H24O2.Ir/c1-11-7-8-15-14-5-4-6-16(20(14)24-21(15)23-11)18-9-19-17(10-22-18)12(2)13(3)25-19;1-5-10(6-2)12(14)9-13(15)11(7-3)8-4;/h4-5,7-10H,1-3H3;9-11,14H,5-8H2,1-4H3;/q-1;;/b;12-9-;/i1D3;;. The van der Waals surface area contributed by atoms with Crippen LogP contribution in [-0.4, -0.2) is 20.9 Å². The summed E-state index contributed by atoms with van der Waals surface area (Å²) in [4.78, 5) is 21.8. The van der Waals surface area contributed by atoms with E-state index in [4.69, 9.17) is 8.53 Å². The third kappa shape index (κ3) is 6.97. The van der Waals surface area contributed by atoms with Crippen LogP contribution in [0.4, 0.5) is 0 Å². The van der Waals surface area contributed by atoms with Gasteiger partial charge in [0.25, 0.3) is 0 Å². The third-order valence-electron chi connectivity index (χ3n) is 7.70. The Morgan fingerprint density at radius 1 is 1.07 bits per heavy atom. The summed E-state index contributed by atoms with van der Waals surface area (Å²) in [5, 5.41) is 12.6. The van der Waals surface area contributed by atoms with Gasteiger partial charge in [-0.2, -0.15) is 0 Å². The van der Waals surface area contributed by atoms with E-state index in [2.05, 4.69) is 35.9 Å². The van der Waals surface area contributed by atoms with Crippen LogP contribution in [0.5, 0.6) is 0 Å². The number of benzene rings is 1. The second-order valence-electron chi connectivity index (χ2n) is 10.1. The van der Waals surface area contributed by atoms with E-state index in [1.807, 2.05) is 46.0 Å². The van der Waals surface area contributed by atoms with E-state index in [1.165, 1.54) is 27.3 Å². The molecule has 41 heavy (non-hydrogen) atoms. The molecule has 1 N–H and O–H groups in total. The van der Waals surface area contributed by atoms with Gasteiger partial charge in [0, 0.05) is 74.4 Å². The molecule has 0 bridgehead atoms. The molecule has 1 aromatic carbocycles. The number of allylic oxidation sites excluding steroid dienone is 2. The monoisotopic (exact) mass is 751 g/mol. The van der Waals surface area contributed by atoms with E-state index in [-0.39, 0.29) is 49.2 Å². The number of thiophene rings is 1. The molecule has 4 aromatic heterocycles. The number of aryl methyl sites for hydroxylation is 3. The molecule has 0 saturated heterocycles. The van der Waals surface area contributed by atoms with Crippen LogP contribution in [0.2, 0.25) is 0 Å². The van der Waals surface area contributed by atoms with Crippen molar-refractivity contribution in [2.75, 3.05) is 0 Å². The van der Waals surface area contributed by atoms with Crippen LogP contribution in [0.25, 0.3) is 43.4 Å². The number of aliphatic hydroxyl groups excluding tert-OH is 1. The summed E-state index contributed by atoms with van der Waals surface area (Å²) in [7, 11) is 0. The number of fused-ring (bicyclic) bond motifs is 4. The number of hydrogen-bond acceptors (Lipinski definition) is 6. The Morgan fingerprint density at radius 3 is 2.44 bits per heavy atom. The maximum absolute atomic E-state index is 11.7.